The molecule has 14 heavy (non-hydrogen) atoms. The van der Waals surface area contributed by atoms with Crippen LogP contribution < -0.4 is 5.73 Å². The topological polar surface area (TPSA) is 29.3 Å². The molecule has 2 atom stereocenters. The molecule has 1 aromatic rings. The molecule has 1 aromatic carbocycles. The molecule has 1 aliphatic rings. The van der Waals surface area contributed by atoms with E-state index in [2.05, 4.69) is 18.0 Å². The molecule has 1 heterocycles. The van der Waals surface area contributed by atoms with Gasteiger partial charge in [0.05, 0.1) is 0 Å². The Morgan fingerprint density at radius 3 is 2.64 bits per heavy atom. The number of likely N-dealkylation sites (tertiary alicyclic amines) is 1. The summed E-state index contributed by atoms with van der Waals surface area (Å²) >= 11 is 6.14. The van der Waals surface area contributed by atoms with Crippen LogP contribution in [0.1, 0.15) is 11.5 Å². The highest BCUT2D eigenvalue weighted by Gasteiger charge is 2.30. The van der Waals surface area contributed by atoms with E-state index in [0.29, 0.717) is 5.92 Å². The van der Waals surface area contributed by atoms with E-state index in [4.69, 9.17) is 17.3 Å². The average molecular weight is 211 g/mol. The first-order chi connectivity index (χ1) is 6.68. The Bertz CT molecular complexity index is 327. The third-order valence-corrected chi connectivity index (χ3v) is 3.20. The minimum atomic E-state index is 0.208. The average Bonchev–Trinajstić information content (AvgIpc) is 2.46. The molecule has 2 rings (SSSR count). The molecular weight excluding hydrogens is 196 g/mol. The molecular formula is C11H15ClN2. The van der Waals surface area contributed by atoms with E-state index in [-0.39, 0.29) is 6.04 Å². The summed E-state index contributed by atoms with van der Waals surface area (Å²) in [7, 11) is 2.09. The van der Waals surface area contributed by atoms with Crippen molar-refractivity contribution < 1.29 is 0 Å². The molecule has 0 saturated carbocycles. The fraction of sp³-hybridized carbons (Fsp3) is 0.455. The van der Waals surface area contributed by atoms with Crippen molar-refractivity contribution in [2.24, 2.45) is 5.73 Å². The van der Waals surface area contributed by atoms with Gasteiger partial charge in [0.1, 0.15) is 0 Å². The van der Waals surface area contributed by atoms with Crippen molar-refractivity contribution in [1.82, 2.24) is 4.90 Å². The fourth-order valence-corrected chi connectivity index (χ4v) is 2.41. The normalized spacial score (nSPS) is 28.2. The van der Waals surface area contributed by atoms with Gasteiger partial charge < -0.3 is 10.6 Å². The fourth-order valence-electron chi connectivity index (χ4n) is 2.14. The van der Waals surface area contributed by atoms with Crippen LogP contribution in [0.2, 0.25) is 5.02 Å². The zero-order chi connectivity index (χ0) is 10.1. The molecule has 0 aromatic heterocycles. The smallest absolute Gasteiger partial charge is 0.0441 e. The quantitative estimate of drug-likeness (QED) is 0.765. The van der Waals surface area contributed by atoms with Crippen LogP contribution in [0, 0.1) is 0 Å². The van der Waals surface area contributed by atoms with Crippen LogP contribution in [0.25, 0.3) is 0 Å². The van der Waals surface area contributed by atoms with Crippen LogP contribution >= 0.6 is 11.6 Å². The molecule has 0 radical (unpaired) electrons. The Morgan fingerprint density at radius 1 is 1.36 bits per heavy atom. The first-order valence-corrected chi connectivity index (χ1v) is 5.25. The predicted molar refractivity (Wildman–Crippen MR) is 59.7 cm³/mol. The summed E-state index contributed by atoms with van der Waals surface area (Å²) in [5.74, 6) is 0.383. The first kappa shape index (κ1) is 9.97. The highest BCUT2D eigenvalue weighted by Crippen LogP contribution is 2.30. The van der Waals surface area contributed by atoms with Gasteiger partial charge in [-0.15, -0.1) is 0 Å². The number of halogens is 1. The zero-order valence-corrected chi connectivity index (χ0v) is 9.04. The molecule has 0 amide bonds. The molecule has 1 saturated heterocycles. The monoisotopic (exact) mass is 210 g/mol. The summed E-state index contributed by atoms with van der Waals surface area (Å²) in [4.78, 5) is 2.25. The minimum Gasteiger partial charge on any atom is -0.326 e. The molecule has 2 N–H and O–H groups in total. The second-order valence-corrected chi connectivity index (χ2v) is 4.42. The lowest BCUT2D eigenvalue weighted by Gasteiger charge is -2.15. The van der Waals surface area contributed by atoms with Crippen molar-refractivity contribution in [3.05, 3.63) is 34.9 Å². The van der Waals surface area contributed by atoms with Crippen LogP contribution in [0.4, 0.5) is 0 Å². The number of benzene rings is 1. The maximum absolute atomic E-state index is 6.14. The van der Waals surface area contributed by atoms with Crippen LogP contribution in [-0.2, 0) is 0 Å². The summed E-state index contributed by atoms with van der Waals surface area (Å²) < 4.78 is 0. The van der Waals surface area contributed by atoms with E-state index in [9.17, 15) is 0 Å². The molecule has 1 fully saturated rings. The summed E-state index contributed by atoms with van der Waals surface area (Å²) in [6, 6.07) is 8.19. The molecule has 0 bridgehead atoms. The van der Waals surface area contributed by atoms with Gasteiger partial charge in [0.2, 0.25) is 0 Å². The number of rotatable bonds is 1. The van der Waals surface area contributed by atoms with E-state index in [1.807, 2.05) is 18.2 Å². The summed E-state index contributed by atoms with van der Waals surface area (Å²) in [6.07, 6.45) is 0. The van der Waals surface area contributed by atoms with Crippen molar-refractivity contribution in [2.45, 2.75) is 12.0 Å². The third kappa shape index (κ3) is 1.78. The minimum absolute atomic E-state index is 0.208. The largest absolute Gasteiger partial charge is 0.326 e. The summed E-state index contributed by atoms with van der Waals surface area (Å²) in [6.45, 7) is 1.96. The molecule has 3 heteroatoms. The molecule has 76 valence electrons. The lowest BCUT2D eigenvalue weighted by atomic mass is 9.95. The van der Waals surface area contributed by atoms with E-state index >= 15 is 0 Å². The number of hydrogen-bond acceptors (Lipinski definition) is 2. The highest BCUT2D eigenvalue weighted by molar-refractivity contribution is 6.31. The Kier molecular flexibility index (Phi) is 2.77. The van der Waals surface area contributed by atoms with E-state index in [0.717, 1.165) is 18.1 Å². The van der Waals surface area contributed by atoms with E-state index < -0.39 is 0 Å². The van der Waals surface area contributed by atoms with Gasteiger partial charge in [0, 0.05) is 30.1 Å². The SMILES string of the molecule is CN1C[C@H](c2ccccc2Cl)[C@@H](N)C1. The van der Waals surface area contributed by atoms with Crippen LogP contribution in [0.5, 0.6) is 0 Å². The van der Waals surface area contributed by atoms with Crippen LogP contribution in [0.3, 0.4) is 0 Å². The first-order valence-electron chi connectivity index (χ1n) is 4.87. The van der Waals surface area contributed by atoms with Crippen LogP contribution in [-0.4, -0.2) is 31.1 Å². The van der Waals surface area contributed by atoms with E-state index in [1.165, 1.54) is 5.56 Å². The van der Waals surface area contributed by atoms with Crippen molar-refractivity contribution >= 4 is 11.6 Å². The number of nitrogens with two attached hydrogens (primary N) is 1. The molecule has 0 spiro atoms. The predicted octanol–water partition coefficient (Wildman–Crippen LogP) is 1.70. The van der Waals surface area contributed by atoms with Crippen LogP contribution in [0.15, 0.2) is 24.3 Å². The van der Waals surface area contributed by atoms with Gasteiger partial charge in [-0.1, -0.05) is 29.8 Å². The van der Waals surface area contributed by atoms with Gasteiger partial charge in [-0.3, -0.25) is 0 Å². The van der Waals surface area contributed by atoms with Gasteiger partial charge in [-0.05, 0) is 18.7 Å². The maximum atomic E-state index is 6.14. The van der Waals surface area contributed by atoms with E-state index in [1.54, 1.807) is 0 Å². The zero-order valence-electron chi connectivity index (χ0n) is 8.28. The Hall–Kier alpha value is -0.570. The standard InChI is InChI=1S/C11H15ClN2/c1-14-6-9(11(13)7-14)8-4-2-3-5-10(8)12/h2-5,9,11H,6-7,13H2,1H3/t9-,11+/m1/s1. The maximum Gasteiger partial charge on any atom is 0.0441 e. The second kappa shape index (κ2) is 3.89. The van der Waals surface area contributed by atoms with Crippen molar-refractivity contribution in [3.8, 4) is 0 Å². The number of likely N-dealkylation sites (N-methyl/N-ethyl adjacent to an activating group) is 1. The number of hydrogen-bond donors (Lipinski definition) is 1. The lowest BCUT2D eigenvalue weighted by molar-refractivity contribution is 0.407. The molecule has 2 nitrogen and oxygen atoms in total. The third-order valence-electron chi connectivity index (χ3n) is 2.85. The highest BCUT2D eigenvalue weighted by atomic mass is 35.5. The Balaban J connectivity index is 2.27. The van der Waals surface area contributed by atoms with Gasteiger partial charge in [-0.25, -0.2) is 0 Å². The van der Waals surface area contributed by atoms with Gasteiger partial charge in [0.15, 0.2) is 0 Å². The summed E-state index contributed by atoms with van der Waals surface area (Å²) in [5, 5.41) is 0.836. The second-order valence-electron chi connectivity index (χ2n) is 4.01. The Labute approximate surface area is 89.7 Å². The van der Waals surface area contributed by atoms with Crippen molar-refractivity contribution in [1.29, 1.82) is 0 Å². The van der Waals surface area contributed by atoms with Gasteiger partial charge in [0.25, 0.3) is 0 Å². The van der Waals surface area contributed by atoms with Crippen molar-refractivity contribution in [3.63, 3.8) is 0 Å². The number of nitrogens with zero attached hydrogens (tertiary/aromatic N) is 1. The van der Waals surface area contributed by atoms with Gasteiger partial charge >= 0.3 is 0 Å². The molecule has 1 aliphatic heterocycles. The lowest BCUT2D eigenvalue weighted by Crippen LogP contribution is -2.28. The molecule has 0 unspecified atom stereocenters. The van der Waals surface area contributed by atoms with Gasteiger partial charge in [-0.2, -0.15) is 0 Å². The van der Waals surface area contributed by atoms with Crippen molar-refractivity contribution in [2.75, 3.05) is 20.1 Å². The summed E-state index contributed by atoms with van der Waals surface area (Å²) in [5.41, 5.74) is 7.26. The molecule has 0 aliphatic carbocycles. The Morgan fingerprint density at radius 2 is 2.07 bits per heavy atom.